The summed E-state index contributed by atoms with van der Waals surface area (Å²) in [5.74, 6) is 1.00. The highest BCUT2D eigenvalue weighted by atomic mass is 79.9. The van der Waals surface area contributed by atoms with E-state index in [1.54, 1.807) is 12.1 Å². The first-order chi connectivity index (χ1) is 12.6. The lowest BCUT2D eigenvalue weighted by atomic mass is 10.1. The number of benzene rings is 2. The maximum Gasteiger partial charge on any atom is 0.175 e. The summed E-state index contributed by atoms with van der Waals surface area (Å²) < 4.78 is 25.5. The Bertz CT molecular complexity index is 690. The summed E-state index contributed by atoms with van der Waals surface area (Å²) in [7, 11) is 0. The molecule has 0 unspecified atom stereocenters. The molecule has 0 heterocycles. The zero-order valence-corrected chi connectivity index (χ0v) is 16.7. The molecule has 0 bridgehead atoms. The fourth-order valence-electron chi connectivity index (χ4n) is 2.46. The van der Waals surface area contributed by atoms with Crippen LogP contribution in [0.25, 0.3) is 0 Å². The molecule has 0 saturated carbocycles. The van der Waals surface area contributed by atoms with E-state index in [1.807, 2.05) is 26.0 Å². The Kier molecular flexibility index (Phi) is 8.35. The van der Waals surface area contributed by atoms with Gasteiger partial charge in [-0.15, -0.1) is 0 Å². The van der Waals surface area contributed by atoms with E-state index in [2.05, 4.69) is 21.2 Å². The Balaban J connectivity index is 2.13. The van der Waals surface area contributed by atoms with Crippen molar-refractivity contribution < 1.29 is 19.0 Å². The molecule has 6 heteroatoms. The van der Waals surface area contributed by atoms with Crippen LogP contribution in [0.4, 0.5) is 4.39 Å². The molecule has 0 aliphatic carbocycles. The monoisotopic (exact) mass is 425 g/mol. The fourth-order valence-corrected chi connectivity index (χ4v) is 3.07. The van der Waals surface area contributed by atoms with E-state index >= 15 is 0 Å². The second-order valence-corrected chi connectivity index (χ2v) is 6.78. The van der Waals surface area contributed by atoms with Crippen molar-refractivity contribution >= 4 is 15.9 Å². The van der Waals surface area contributed by atoms with Crippen LogP contribution in [0.3, 0.4) is 0 Å². The molecule has 142 valence electrons. The number of halogens is 2. The van der Waals surface area contributed by atoms with Crippen LogP contribution in [0, 0.1) is 5.82 Å². The van der Waals surface area contributed by atoms with Gasteiger partial charge in [0.15, 0.2) is 11.5 Å². The predicted octanol–water partition coefficient (Wildman–Crippen LogP) is 4.43. The van der Waals surface area contributed by atoms with Gasteiger partial charge >= 0.3 is 0 Å². The first-order valence-electron chi connectivity index (χ1n) is 8.74. The van der Waals surface area contributed by atoms with Crippen LogP contribution in [0.1, 0.15) is 31.4 Å². The van der Waals surface area contributed by atoms with E-state index in [4.69, 9.17) is 9.47 Å². The summed E-state index contributed by atoms with van der Waals surface area (Å²) in [6.45, 7) is 5.51. The van der Waals surface area contributed by atoms with E-state index in [9.17, 15) is 9.50 Å². The number of rotatable bonds is 10. The molecule has 0 fully saturated rings. The maximum atomic E-state index is 13.0. The van der Waals surface area contributed by atoms with Crippen molar-refractivity contribution in [2.75, 3.05) is 13.2 Å². The molecular formula is C20H25BrFNO3. The lowest BCUT2D eigenvalue weighted by molar-refractivity contribution is 0.238. The highest BCUT2D eigenvalue weighted by Crippen LogP contribution is 2.37. The highest BCUT2D eigenvalue weighted by Gasteiger charge is 2.13. The standard InChI is InChI=1S/C20H25BrFNO3/c1-3-17(12-24)23-11-15-9-18(21)20(19(10-15)25-4-2)26-13-14-5-7-16(22)8-6-14/h5-10,17,23-24H,3-4,11-13H2,1-2H3/t17-/m0/s1. The van der Waals surface area contributed by atoms with Gasteiger partial charge in [-0.2, -0.15) is 0 Å². The molecule has 0 amide bonds. The van der Waals surface area contributed by atoms with E-state index in [0.29, 0.717) is 31.3 Å². The minimum Gasteiger partial charge on any atom is -0.490 e. The number of aliphatic hydroxyl groups is 1. The second kappa shape index (κ2) is 10.5. The number of aliphatic hydroxyl groups excluding tert-OH is 1. The summed E-state index contributed by atoms with van der Waals surface area (Å²) in [4.78, 5) is 0. The van der Waals surface area contributed by atoms with Crippen LogP contribution >= 0.6 is 15.9 Å². The van der Waals surface area contributed by atoms with Gasteiger partial charge in [0.25, 0.3) is 0 Å². The molecule has 2 aromatic carbocycles. The quantitative estimate of drug-likeness (QED) is 0.591. The predicted molar refractivity (Wildman–Crippen MR) is 104 cm³/mol. The van der Waals surface area contributed by atoms with Crippen molar-refractivity contribution in [1.29, 1.82) is 0 Å². The summed E-state index contributed by atoms with van der Waals surface area (Å²) in [5.41, 5.74) is 1.90. The number of hydrogen-bond donors (Lipinski definition) is 2. The van der Waals surface area contributed by atoms with E-state index < -0.39 is 0 Å². The van der Waals surface area contributed by atoms with Gasteiger partial charge in [-0.1, -0.05) is 19.1 Å². The largest absolute Gasteiger partial charge is 0.490 e. The molecule has 1 atom stereocenters. The van der Waals surface area contributed by atoms with Crippen LogP contribution in [0.2, 0.25) is 0 Å². The van der Waals surface area contributed by atoms with Gasteiger partial charge in [0, 0.05) is 12.6 Å². The van der Waals surface area contributed by atoms with E-state index in [1.165, 1.54) is 12.1 Å². The van der Waals surface area contributed by atoms with E-state index in [-0.39, 0.29) is 18.5 Å². The molecule has 0 aliphatic heterocycles. The van der Waals surface area contributed by atoms with Crippen LogP contribution in [0.5, 0.6) is 11.5 Å². The number of nitrogens with one attached hydrogen (secondary N) is 1. The zero-order valence-electron chi connectivity index (χ0n) is 15.1. The number of ether oxygens (including phenoxy) is 2. The first kappa shape index (κ1) is 20.7. The average molecular weight is 426 g/mol. The van der Waals surface area contributed by atoms with Crippen molar-refractivity contribution in [2.24, 2.45) is 0 Å². The van der Waals surface area contributed by atoms with Gasteiger partial charge in [-0.05, 0) is 64.7 Å². The maximum absolute atomic E-state index is 13.0. The molecule has 2 aromatic rings. The highest BCUT2D eigenvalue weighted by molar-refractivity contribution is 9.10. The molecule has 0 saturated heterocycles. The molecule has 0 spiro atoms. The molecule has 2 N–H and O–H groups in total. The Morgan fingerprint density at radius 1 is 1.12 bits per heavy atom. The molecule has 2 rings (SSSR count). The van der Waals surface area contributed by atoms with Gasteiger partial charge < -0.3 is 19.9 Å². The summed E-state index contributed by atoms with van der Waals surface area (Å²) in [6, 6.07) is 10.2. The third kappa shape index (κ3) is 5.97. The normalized spacial score (nSPS) is 12.0. The number of hydrogen-bond acceptors (Lipinski definition) is 4. The van der Waals surface area contributed by atoms with Crippen molar-refractivity contribution in [1.82, 2.24) is 5.32 Å². The lowest BCUT2D eigenvalue weighted by Crippen LogP contribution is -2.31. The third-order valence-corrected chi connectivity index (χ3v) is 4.56. The molecule has 0 aromatic heterocycles. The Morgan fingerprint density at radius 2 is 1.85 bits per heavy atom. The van der Waals surface area contributed by atoms with E-state index in [0.717, 1.165) is 22.0 Å². The van der Waals surface area contributed by atoms with Crippen LogP contribution in [0.15, 0.2) is 40.9 Å². The molecule has 0 radical (unpaired) electrons. The minimum atomic E-state index is -0.268. The topological polar surface area (TPSA) is 50.7 Å². The molecular weight excluding hydrogens is 401 g/mol. The summed E-state index contributed by atoms with van der Waals surface area (Å²) in [6.07, 6.45) is 0.856. The Hall–Kier alpha value is -1.63. The van der Waals surface area contributed by atoms with Crippen LogP contribution in [-0.2, 0) is 13.2 Å². The zero-order chi connectivity index (χ0) is 18.9. The van der Waals surface area contributed by atoms with Gasteiger partial charge in [-0.25, -0.2) is 4.39 Å². The SMILES string of the molecule is CCOc1cc(CN[C@@H](CC)CO)cc(Br)c1OCc1ccc(F)cc1. The summed E-state index contributed by atoms with van der Waals surface area (Å²) >= 11 is 3.55. The van der Waals surface area contributed by atoms with Crippen molar-refractivity contribution in [3.8, 4) is 11.5 Å². The van der Waals surface area contributed by atoms with Gasteiger partial charge in [-0.3, -0.25) is 0 Å². The van der Waals surface area contributed by atoms with Gasteiger partial charge in [0.2, 0.25) is 0 Å². The van der Waals surface area contributed by atoms with Crippen molar-refractivity contribution in [3.05, 3.63) is 57.8 Å². The fraction of sp³-hybridized carbons (Fsp3) is 0.400. The van der Waals surface area contributed by atoms with Gasteiger partial charge in [0.05, 0.1) is 17.7 Å². The molecule has 26 heavy (non-hydrogen) atoms. The Morgan fingerprint density at radius 3 is 2.46 bits per heavy atom. The van der Waals surface area contributed by atoms with Gasteiger partial charge in [0.1, 0.15) is 12.4 Å². The van der Waals surface area contributed by atoms with Crippen molar-refractivity contribution in [3.63, 3.8) is 0 Å². The van der Waals surface area contributed by atoms with Crippen LogP contribution < -0.4 is 14.8 Å². The van der Waals surface area contributed by atoms with Crippen LogP contribution in [-0.4, -0.2) is 24.4 Å². The third-order valence-electron chi connectivity index (χ3n) is 3.97. The first-order valence-corrected chi connectivity index (χ1v) is 9.53. The minimum absolute atomic E-state index is 0.0683. The van der Waals surface area contributed by atoms with Crippen molar-refractivity contribution in [2.45, 2.75) is 39.5 Å². The Labute approximate surface area is 162 Å². The lowest BCUT2D eigenvalue weighted by Gasteiger charge is -2.18. The average Bonchev–Trinajstić information content (AvgIpc) is 2.63. The molecule has 0 aliphatic rings. The summed E-state index contributed by atoms with van der Waals surface area (Å²) in [5, 5.41) is 12.6. The smallest absolute Gasteiger partial charge is 0.175 e. The molecule has 4 nitrogen and oxygen atoms in total. The second-order valence-electron chi connectivity index (χ2n) is 5.92.